The number of likely N-dealkylation sites (tertiary alicyclic amines) is 1. The maximum absolute atomic E-state index is 11.7. The molecule has 2 aliphatic heterocycles. The van der Waals surface area contributed by atoms with E-state index in [1.165, 1.54) is 0 Å². The number of aromatic amines is 1. The summed E-state index contributed by atoms with van der Waals surface area (Å²) in [6, 6.07) is 6.42. The molecule has 0 saturated carbocycles. The minimum atomic E-state index is 0.149. The monoisotopic (exact) mass is 420 g/mol. The van der Waals surface area contributed by atoms with Gasteiger partial charge in [0, 0.05) is 67.6 Å². The SMILES string of the molecule is CC(=O)N1CCC(c2cc(N3CCOC[C@H]3C)nc(-c3ccnc4[nH]ccc34)n2)CC1. The van der Waals surface area contributed by atoms with E-state index in [1.807, 2.05) is 23.2 Å². The number of piperidine rings is 1. The number of pyridine rings is 1. The number of amides is 1. The fourth-order valence-corrected chi connectivity index (χ4v) is 4.64. The van der Waals surface area contributed by atoms with E-state index in [1.54, 1.807) is 13.1 Å². The molecule has 0 spiro atoms. The molecular formula is C23H28N6O2. The third-order valence-electron chi connectivity index (χ3n) is 6.45. The van der Waals surface area contributed by atoms with Crippen LogP contribution in [-0.4, -0.2) is 69.6 Å². The number of H-pyrrole nitrogens is 1. The molecule has 2 fully saturated rings. The lowest BCUT2D eigenvalue weighted by atomic mass is 9.93. The normalized spacial score (nSPS) is 20.4. The van der Waals surface area contributed by atoms with Crippen molar-refractivity contribution in [3.63, 3.8) is 0 Å². The van der Waals surface area contributed by atoms with Crippen molar-refractivity contribution >= 4 is 22.8 Å². The van der Waals surface area contributed by atoms with Gasteiger partial charge >= 0.3 is 0 Å². The summed E-state index contributed by atoms with van der Waals surface area (Å²) >= 11 is 0. The average Bonchev–Trinajstić information content (AvgIpc) is 3.28. The van der Waals surface area contributed by atoms with Crippen LogP contribution in [0, 0.1) is 0 Å². The molecule has 31 heavy (non-hydrogen) atoms. The number of hydrogen-bond donors (Lipinski definition) is 1. The second-order valence-electron chi connectivity index (χ2n) is 8.47. The summed E-state index contributed by atoms with van der Waals surface area (Å²) < 4.78 is 5.64. The molecule has 1 amide bonds. The fourth-order valence-electron chi connectivity index (χ4n) is 4.64. The molecule has 0 aromatic carbocycles. The lowest BCUT2D eigenvalue weighted by Gasteiger charge is -2.35. The van der Waals surface area contributed by atoms with Gasteiger partial charge in [0.2, 0.25) is 5.91 Å². The van der Waals surface area contributed by atoms with E-state index in [0.29, 0.717) is 19.1 Å². The van der Waals surface area contributed by atoms with Crippen molar-refractivity contribution in [2.45, 2.75) is 38.6 Å². The van der Waals surface area contributed by atoms with Gasteiger partial charge in [-0.25, -0.2) is 15.0 Å². The Hall–Kier alpha value is -3.00. The zero-order chi connectivity index (χ0) is 21.4. The maximum atomic E-state index is 11.7. The van der Waals surface area contributed by atoms with Gasteiger partial charge in [0.25, 0.3) is 0 Å². The zero-order valence-corrected chi connectivity index (χ0v) is 18.0. The molecule has 162 valence electrons. The second-order valence-corrected chi connectivity index (χ2v) is 8.47. The van der Waals surface area contributed by atoms with Crippen LogP contribution >= 0.6 is 0 Å². The number of carbonyl (C=O) groups is 1. The van der Waals surface area contributed by atoms with Gasteiger partial charge in [-0.05, 0) is 31.9 Å². The summed E-state index contributed by atoms with van der Waals surface area (Å²) in [4.78, 5) is 33.6. The predicted octanol–water partition coefficient (Wildman–Crippen LogP) is 2.97. The van der Waals surface area contributed by atoms with E-state index in [9.17, 15) is 4.79 Å². The Kier molecular flexibility index (Phi) is 5.31. The molecule has 5 rings (SSSR count). The number of nitrogens with zero attached hydrogens (tertiary/aromatic N) is 5. The van der Waals surface area contributed by atoms with Crippen molar-refractivity contribution in [3.8, 4) is 11.4 Å². The van der Waals surface area contributed by atoms with E-state index < -0.39 is 0 Å². The Balaban J connectivity index is 1.56. The van der Waals surface area contributed by atoms with Crippen LogP contribution in [0.1, 0.15) is 38.3 Å². The molecule has 1 atom stereocenters. The van der Waals surface area contributed by atoms with E-state index in [4.69, 9.17) is 14.7 Å². The van der Waals surface area contributed by atoms with E-state index in [0.717, 1.165) is 66.4 Å². The third-order valence-corrected chi connectivity index (χ3v) is 6.45. The van der Waals surface area contributed by atoms with Crippen molar-refractivity contribution in [1.82, 2.24) is 24.8 Å². The van der Waals surface area contributed by atoms with Crippen LogP contribution in [0.5, 0.6) is 0 Å². The Morgan fingerprint density at radius 3 is 2.81 bits per heavy atom. The first kappa shape index (κ1) is 19.9. The van der Waals surface area contributed by atoms with Gasteiger partial charge in [-0.3, -0.25) is 4.79 Å². The Morgan fingerprint density at radius 2 is 2.03 bits per heavy atom. The van der Waals surface area contributed by atoms with Crippen LogP contribution in [0.3, 0.4) is 0 Å². The van der Waals surface area contributed by atoms with Gasteiger partial charge in [-0.15, -0.1) is 0 Å². The number of fused-ring (bicyclic) bond motifs is 1. The molecule has 8 nitrogen and oxygen atoms in total. The lowest BCUT2D eigenvalue weighted by Crippen LogP contribution is -2.44. The first-order valence-corrected chi connectivity index (χ1v) is 11.0. The molecule has 8 heteroatoms. The first-order chi connectivity index (χ1) is 15.1. The molecule has 3 aromatic heterocycles. The first-order valence-electron chi connectivity index (χ1n) is 11.0. The van der Waals surface area contributed by atoms with Crippen LogP contribution in [0.25, 0.3) is 22.4 Å². The zero-order valence-electron chi connectivity index (χ0n) is 18.0. The number of carbonyl (C=O) groups excluding carboxylic acids is 1. The number of aromatic nitrogens is 4. The highest BCUT2D eigenvalue weighted by molar-refractivity contribution is 5.91. The van der Waals surface area contributed by atoms with Gasteiger partial charge in [-0.1, -0.05) is 0 Å². The Bertz CT molecular complexity index is 1090. The summed E-state index contributed by atoms with van der Waals surface area (Å²) in [6.45, 7) is 7.58. The third kappa shape index (κ3) is 3.87. The minimum absolute atomic E-state index is 0.149. The number of ether oxygens (including phenoxy) is 1. The van der Waals surface area contributed by atoms with Crippen molar-refractivity contribution in [3.05, 3.63) is 36.3 Å². The van der Waals surface area contributed by atoms with Gasteiger partial charge < -0.3 is 19.5 Å². The number of hydrogen-bond acceptors (Lipinski definition) is 6. The quantitative estimate of drug-likeness (QED) is 0.701. The summed E-state index contributed by atoms with van der Waals surface area (Å²) in [5.41, 5.74) is 2.88. The maximum Gasteiger partial charge on any atom is 0.219 e. The molecule has 1 N–H and O–H groups in total. The molecule has 0 aliphatic carbocycles. The Morgan fingerprint density at radius 1 is 1.19 bits per heavy atom. The number of morpholine rings is 1. The van der Waals surface area contributed by atoms with E-state index in [2.05, 4.69) is 27.9 Å². The summed E-state index contributed by atoms with van der Waals surface area (Å²) in [5, 5.41) is 1.02. The van der Waals surface area contributed by atoms with Gasteiger partial charge in [0.15, 0.2) is 5.82 Å². The molecule has 2 aliphatic rings. The molecule has 2 saturated heterocycles. The molecule has 0 bridgehead atoms. The summed E-state index contributed by atoms with van der Waals surface area (Å²) in [5.74, 6) is 2.14. The standard InChI is InChI=1S/C23H28N6O2/c1-15-14-31-12-11-29(15)21-13-20(17-5-9-28(10-6-17)16(2)30)26-23(27-21)19-4-8-25-22-18(19)3-7-24-22/h3-4,7-8,13,15,17H,5-6,9-12,14H2,1-2H3,(H,24,25)/t15-/m1/s1. The molecule has 0 unspecified atom stereocenters. The molecular weight excluding hydrogens is 392 g/mol. The smallest absolute Gasteiger partial charge is 0.219 e. The summed E-state index contributed by atoms with van der Waals surface area (Å²) in [7, 11) is 0. The summed E-state index contributed by atoms with van der Waals surface area (Å²) in [6.07, 6.45) is 5.54. The minimum Gasteiger partial charge on any atom is -0.377 e. The number of rotatable bonds is 3. The van der Waals surface area contributed by atoms with E-state index in [-0.39, 0.29) is 11.9 Å². The largest absolute Gasteiger partial charge is 0.377 e. The van der Waals surface area contributed by atoms with Gasteiger partial charge in [-0.2, -0.15) is 0 Å². The Labute approximate surface area is 181 Å². The van der Waals surface area contributed by atoms with Crippen LogP contribution in [0.2, 0.25) is 0 Å². The fraction of sp³-hybridized carbons (Fsp3) is 0.478. The van der Waals surface area contributed by atoms with Gasteiger partial charge in [0.1, 0.15) is 11.5 Å². The average molecular weight is 421 g/mol. The van der Waals surface area contributed by atoms with Crippen molar-refractivity contribution < 1.29 is 9.53 Å². The lowest BCUT2D eigenvalue weighted by molar-refractivity contribution is -0.129. The van der Waals surface area contributed by atoms with Crippen molar-refractivity contribution in [1.29, 1.82) is 0 Å². The van der Waals surface area contributed by atoms with Crippen molar-refractivity contribution in [2.24, 2.45) is 0 Å². The number of anilines is 1. The highest BCUT2D eigenvalue weighted by Crippen LogP contribution is 2.33. The van der Waals surface area contributed by atoms with Crippen LogP contribution in [-0.2, 0) is 9.53 Å². The van der Waals surface area contributed by atoms with Crippen LogP contribution in [0.15, 0.2) is 30.6 Å². The molecule has 0 radical (unpaired) electrons. The van der Waals surface area contributed by atoms with Gasteiger partial charge in [0.05, 0.1) is 19.3 Å². The highest BCUT2D eigenvalue weighted by Gasteiger charge is 2.27. The van der Waals surface area contributed by atoms with Crippen LogP contribution in [0.4, 0.5) is 5.82 Å². The second kappa shape index (κ2) is 8.26. The van der Waals surface area contributed by atoms with E-state index >= 15 is 0 Å². The van der Waals surface area contributed by atoms with Crippen LogP contribution < -0.4 is 4.90 Å². The van der Waals surface area contributed by atoms with Crippen molar-refractivity contribution in [2.75, 3.05) is 37.7 Å². The highest BCUT2D eigenvalue weighted by atomic mass is 16.5. The molecule has 5 heterocycles. The molecule has 3 aromatic rings. The number of nitrogens with one attached hydrogen (secondary N) is 1. The topological polar surface area (TPSA) is 87.2 Å². The predicted molar refractivity (Wildman–Crippen MR) is 119 cm³/mol.